The molecule has 28 heavy (non-hydrogen) atoms. The van der Waals surface area contributed by atoms with Crippen LogP contribution in [0.3, 0.4) is 0 Å². The molecule has 0 aromatic heterocycles. The number of hydrogen-bond donors (Lipinski definition) is 2. The molecular weight excluding hydrogens is 370 g/mol. The lowest BCUT2D eigenvalue weighted by atomic mass is 10.2. The molecule has 0 aliphatic heterocycles. The Balaban J connectivity index is 0.000000525. The number of hydrogen-bond acceptors (Lipinski definition) is 7. The van der Waals surface area contributed by atoms with Crippen molar-refractivity contribution in [2.24, 2.45) is 0 Å². The fourth-order valence-electron chi connectivity index (χ4n) is 1.75. The van der Waals surface area contributed by atoms with Crippen molar-refractivity contribution in [1.29, 1.82) is 0 Å². The first-order valence-electron chi connectivity index (χ1n) is 8.40. The van der Waals surface area contributed by atoms with E-state index in [4.69, 9.17) is 9.84 Å². The molecule has 9 heteroatoms. The highest BCUT2D eigenvalue weighted by Gasteiger charge is 2.30. The number of ether oxygens (including phenoxy) is 3. The van der Waals surface area contributed by atoms with Crippen LogP contribution in [0.25, 0.3) is 6.08 Å². The van der Waals surface area contributed by atoms with Crippen LogP contribution in [-0.2, 0) is 28.7 Å². The highest BCUT2D eigenvalue weighted by atomic mass is 16.6. The predicted octanol–water partition coefficient (Wildman–Crippen LogP) is 1.41. The van der Waals surface area contributed by atoms with E-state index in [0.29, 0.717) is 0 Å². The summed E-state index contributed by atoms with van der Waals surface area (Å²) in [6.07, 6.45) is 2.63. The van der Waals surface area contributed by atoms with Crippen LogP contribution in [0.4, 0.5) is 0 Å². The number of rotatable bonds is 8. The molecule has 0 aliphatic rings. The molecule has 0 spiro atoms. The summed E-state index contributed by atoms with van der Waals surface area (Å²) in [6, 6.07) is 5.77. The Morgan fingerprint density at radius 1 is 1.04 bits per heavy atom. The molecule has 1 amide bonds. The minimum Gasteiger partial charge on any atom is -0.497 e. The second kappa shape index (κ2) is 13.8. The molecule has 0 unspecified atom stereocenters. The number of amides is 1. The average molecular weight is 395 g/mol. The van der Waals surface area contributed by atoms with Crippen LogP contribution in [0.2, 0.25) is 0 Å². The Bertz CT molecular complexity index is 664. The number of methoxy groups -OCH3 is 1. The van der Waals surface area contributed by atoms with E-state index in [-0.39, 0.29) is 13.2 Å². The van der Waals surface area contributed by atoms with Crippen molar-refractivity contribution in [2.45, 2.75) is 26.8 Å². The second-order valence-corrected chi connectivity index (χ2v) is 5.08. The number of esters is 2. The lowest BCUT2D eigenvalue weighted by Crippen LogP contribution is -2.47. The largest absolute Gasteiger partial charge is 0.497 e. The van der Waals surface area contributed by atoms with Gasteiger partial charge in [0.1, 0.15) is 5.75 Å². The van der Waals surface area contributed by atoms with Gasteiger partial charge in [-0.3, -0.25) is 4.79 Å². The van der Waals surface area contributed by atoms with Crippen LogP contribution in [0, 0.1) is 0 Å². The summed E-state index contributed by atoms with van der Waals surface area (Å²) in [5.41, 5.74) is 0.836. The predicted molar refractivity (Wildman–Crippen MR) is 101 cm³/mol. The van der Waals surface area contributed by atoms with Crippen molar-refractivity contribution in [3.63, 3.8) is 0 Å². The van der Waals surface area contributed by atoms with Gasteiger partial charge in [0.2, 0.25) is 11.9 Å². The Hall–Kier alpha value is -3.36. The van der Waals surface area contributed by atoms with E-state index in [0.717, 1.165) is 17.4 Å². The molecular formula is C19H25NO8. The van der Waals surface area contributed by atoms with E-state index in [2.05, 4.69) is 14.8 Å². The number of carbonyl (C=O) groups excluding carboxylic acids is 3. The van der Waals surface area contributed by atoms with E-state index >= 15 is 0 Å². The summed E-state index contributed by atoms with van der Waals surface area (Å²) >= 11 is 0. The Kier molecular flexibility index (Phi) is 12.1. The molecule has 2 N–H and O–H groups in total. The molecule has 1 aromatic carbocycles. The third-order valence-electron chi connectivity index (χ3n) is 2.93. The lowest BCUT2D eigenvalue weighted by Gasteiger charge is -2.14. The summed E-state index contributed by atoms with van der Waals surface area (Å²) in [5, 5.41) is 10.5. The number of nitrogens with one attached hydrogen (secondary N) is 1. The lowest BCUT2D eigenvalue weighted by molar-refractivity contribution is -0.159. The molecule has 0 atom stereocenters. The molecule has 0 aliphatic carbocycles. The van der Waals surface area contributed by atoms with Gasteiger partial charge in [0, 0.05) is 13.0 Å². The summed E-state index contributed by atoms with van der Waals surface area (Å²) in [6.45, 7) is 4.68. The normalized spacial score (nSPS) is 9.89. The zero-order chi connectivity index (χ0) is 21.5. The molecule has 0 fully saturated rings. The molecule has 154 valence electrons. The molecule has 1 aromatic rings. The quantitative estimate of drug-likeness (QED) is 0.384. The smallest absolute Gasteiger partial charge is 0.340 e. The SMILES string of the molecule is CCOC(=O)C(NC(C)=O)C(=O)OCC.COc1ccc(C=CC(=O)O)cc1. The molecule has 9 nitrogen and oxygen atoms in total. The fourth-order valence-corrected chi connectivity index (χ4v) is 1.75. The third kappa shape index (κ3) is 10.6. The maximum atomic E-state index is 11.3. The Morgan fingerprint density at radius 3 is 1.89 bits per heavy atom. The maximum absolute atomic E-state index is 11.3. The number of carbonyl (C=O) groups is 4. The monoisotopic (exact) mass is 395 g/mol. The maximum Gasteiger partial charge on any atom is 0.340 e. The standard InChI is InChI=1S/C10H10O3.C9H15NO5/c1-13-9-5-2-8(3-6-9)4-7-10(11)12;1-4-14-8(12)7(10-6(3)11)9(13)15-5-2/h2-7H,1H3,(H,11,12);7H,4-5H2,1-3H3,(H,10,11). The summed E-state index contributed by atoms with van der Waals surface area (Å²) < 4.78 is 14.2. The highest BCUT2D eigenvalue weighted by molar-refractivity contribution is 6.02. The molecule has 0 radical (unpaired) electrons. The minimum absolute atomic E-state index is 0.133. The Labute approximate surface area is 163 Å². The first-order valence-corrected chi connectivity index (χ1v) is 8.40. The fraction of sp³-hybridized carbons (Fsp3) is 0.368. The summed E-state index contributed by atoms with van der Waals surface area (Å²) in [4.78, 5) is 43.4. The Morgan fingerprint density at radius 2 is 1.54 bits per heavy atom. The van der Waals surface area contributed by atoms with Gasteiger partial charge in [-0.2, -0.15) is 0 Å². The number of carboxylic acids is 1. The molecule has 0 saturated carbocycles. The molecule has 0 saturated heterocycles. The summed E-state index contributed by atoms with van der Waals surface area (Å²) in [5.74, 6) is -2.32. The molecule has 0 bridgehead atoms. The van der Waals surface area contributed by atoms with Gasteiger partial charge in [-0.1, -0.05) is 12.1 Å². The van der Waals surface area contributed by atoms with E-state index in [1.54, 1.807) is 45.2 Å². The van der Waals surface area contributed by atoms with Gasteiger partial charge < -0.3 is 24.6 Å². The topological polar surface area (TPSA) is 128 Å². The minimum atomic E-state index is -1.37. The second-order valence-electron chi connectivity index (χ2n) is 5.08. The molecule has 1 rings (SSSR count). The van der Waals surface area contributed by atoms with E-state index < -0.39 is 29.9 Å². The van der Waals surface area contributed by atoms with Crippen LogP contribution in [-0.4, -0.2) is 55.3 Å². The number of carboxylic acid groups (broad SMARTS) is 1. The van der Waals surface area contributed by atoms with Crippen molar-refractivity contribution < 1.29 is 38.5 Å². The zero-order valence-corrected chi connectivity index (χ0v) is 16.3. The van der Waals surface area contributed by atoms with Gasteiger partial charge in [0.25, 0.3) is 0 Å². The highest BCUT2D eigenvalue weighted by Crippen LogP contribution is 2.11. The van der Waals surface area contributed by atoms with E-state index in [1.807, 2.05) is 0 Å². The van der Waals surface area contributed by atoms with Crippen LogP contribution in [0.5, 0.6) is 5.75 Å². The van der Waals surface area contributed by atoms with Crippen LogP contribution in [0.1, 0.15) is 26.3 Å². The van der Waals surface area contributed by atoms with E-state index in [1.165, 1.54) is 13.0 Å². The van der Waals surface area contributed by atoms with E-state index in [9.17, 15) is 19.2 Å². The van der Waals surface area contributed by atoms with Gasteiger partial charge in [-0.05, 0) is 37.6 Å². The first-order chi connectivity index (χ1) is 13.2. The van der Waals surface area contributed by atoms with Crippen LogP contribution in [0.15, 0.2) is 30.3 Å². The van der Waals surface area contributed by atoms with Gasteiger partial charge in [0.15, 0.2) is 0 Å². The first kappa shape index (κ1) is 24.6. The van der Waals surface area contributed by atoms with Crippen molar-refractivity contribution in [2.75, 3.05) is 20.3 Å². The summed E-state index contributed by atoms with van der Waals surface area (Å²) in [7, 11) is 1.59. The van der Waals surface area contributed by atoms with Crippen molar-refractivity contribution in [1.82, 2.24) is 5.32 Å². The molecule has 0 heterocycles. The third-order valence-corrected chi connectivity index (χ3v) is 2.93. The van der Waals surface area contributed by atoms with Gasteiger partial charge in [-0.25, -0.2) is 14.4 Å². The van der Waals surface area contributed by atoms with Crippen molar-refractivity contribution in [3.05, 3.63) is 35.9 Å². The number of aliphatic carboxylic acids is 1. The van der Waals surface area contributed by atoms with Crippen LogP contribution < -0.4 is 10.1 Å². The van der Waals surface area contributed by atoms with Gasteiger partial charge >= 0.3 is 17.9 Å². The van der Waals surface area contributed by atoms with Gasteiger partial charge in [0.05, 0.1) is 20.3 Å². The zero-order valence-electron chi connectivity index (χ0n) is 16.3. The van der Waals surface area contributed by atoms with Crippen molar-refractivity contribution >= 4 is 29.9 Å². The van der Waals surface area contributed by atoms with Crippen LogP contribution >= 0.6 is 0 Å². The van der Waals surface area contributed by atoms with Crippen molar-refractivity contribution in [3.8, 4) is 5.75 Å². The number of benzene rings is 1. The average Bonchev–Trinajstić information content (AvgIpc) is 2.65. The van der Waals surface area contributed by atoms with Gasteiger partial charge in [-0.15, -0.1) is 0 Å².